The van der Waals surface area contributed by atoms with Crippen LogP contribution in [-0.4, -0.2) is 14.8 Å². The van der Waals surface area contributed by atoms with Gasteiger partial charge in [0.2, 0.25) is 5.95 Å². The molecule has 0 amide bonds. The third-order valence-corrected chi connectivity index (χ3v) is 2.03. The van der Waals surface area contributed by atoms with Gasteiger partial charge in [-0.25, -0.2) is 17.9 Å². The number of nitrogens with zero attached hydrogens (tertiary/aromatic N) is 3. The van der Waals surface area contributed by atoms with Crippen molar-refractivity contribution < 1.29 is 13.2 Å². The van der Waals surface area contributed by atoms with Crippen molar-refractivity contribution in [2.45, 2.75) is 0 Å². The molecular formula is C9H7F3N4. The Bertz CT molecular complexity index is 507. The molecule has 0 unspecified atom stereocenters. The molecule has 0 aliphatic rings. The van der Waals surface area contributed by atoms with Gasteiger partial charge in [0.05, 0.1) is 5.56 Å². The van der Waals surface area contributed by atoms with E-state index in [9.17, 15) is 13.2 Å². The Hall–Kier alpha value is -2.05. The normalized spacial score (nSPS) is 10.8. The Morgan fingerprint density at radius 1 is 1.19 bits per heavy atom. The summed E-state index contributed by atoms with van der Waals surface area (Å²) in [7, 11) is 1.48. The van der Waals surface area contributed by atoms with Crippen LogP contribution < -0.4 is 5.73 Å². The molecule has 0 aliphatic heterocycles. The van der Waals surface area contributed by atoms with E-state index in [1.165, 1.54) is 7.05 Å². The summed E-state index contributed by atoms with van der Waals surface area (Å²) >= 11 is 0. The molecule has 84 valence electrons. The summed E-state index contributed by atoms with van der Waals surface area (Å²) in [6, 6.07) is 1.12. The van der Waals surface area contributed by atoms with E-state index in [2.05, 4.69) is 10.1 Å². The van der Waals surface area contributed by atoms with Crippen LogP contribution in [0.3, 0.4) is 0 Å². The monoisotopic (exact) mass is 228 g/mol. The Morgan fingerprint density at radius 3 is 2.19 bits per heavy atom. The van der Waals surface area contributed by atoms with E-state index >= 15 is 0 Å². The number of rotatable bonds is 1. The second-order valence-corrected chi connectivity index (χ2v) is 3.16. The third kappa shape index (κ3) is 1.60. The van der Waals surface area contributed by atoms with Gasteiger partial charge < -0.3 is 5.73 Å². The molecule has 16 heavy (non-hydrogen) atoms. The first kappa shape index (κ1) is 10.5. The molecule has 2 aromatic rings. The lowest BCUT2D eigenvalue weighted by molar-refractivity contribution is 0.546. The Labute approximate surface area is 88.5 Å². The van der Waals surface area contributed by atoms with E-state index < -0.39 is 23.0 Å². The summed E-state index contributed by atoms with van der Waals surface area (Å²) in [6.45, 7) is 0. The highest BCUT2D eigenvalue weighted by molar-refractivity contribution is 5.57. The van der Waals surface area contributed by atoms with Crippen molar-refractivity contribution in [3.05, 3.63) is 29.6 Å². The standard InChI is InChI=1S/C9H7F3N4/c1-16-9(13)14-8(15-16)7-5(11)2-4(10)3-6(7)12/h2-3H,1H3,(H2,13,14,15). The summed E-state index contributed by atoms with van der Waals surface area (Å²) in [4.78, 5) is 3.66. The van der Waals surface area contributed by atoms with Gasteiger partial charge in [0.15, 0.2) is 5.82 Å². The fourth-order valence-corrected chi connectivity index (χ4v) is 1.26. The van der Waals surface area contributed by atoms with Crippen LogP contribution in [0.15, 0.2) is 12.1 Å². The summed E-state index contributed by atoms with van der Waals surface area (Å²) in [6.07, 6.45) is 0. The summed E-state index contributed by atoms with van der Waals surface area (Å²) in [5.74, 6) is -3.33. The molecule has 1 aromatic heterocycles. The van der Waals surface area contributed by atoms with Crippen molar-refractivity contribution in [1.29, 1.82) is 0 Å². The average molecular weight is 228 g/mol. The highest BCUT2D eigenvalue weighted by Gasteiger charge is 2.18. The summed E-state index contributed by atoms with van der Waals surface area (Å²) in [5, 5.41) is 3.71. The molecule has 0 spiro atoms. The second-order valence-electron chi connectivity index (χ2n) is 3.16. The fraction of sp³-hybridized carbons (Fsp3) is 0.111. The molecule has 0 aliphatic carbocycles. The number of nitrogens with two attached hydrogens (primary N) is 1. The lowest BCUT2D eigenvalue weighted by Gasteiger charge is -2.00. The van der Waals surface area contributed by atoms with Crippen molar-refractivity contribution in [2.24, 2.45) is 7.05 Å². The lowest BCUT2D eigenvalue weighted by Crippen LogP contribution is -1.97. The van der Waals surface area contributed by atoms with Gasteiger partial charge in [-0.15, -0.1) is 5.10 Å². The van der Waals surface area contributed by atoms with Crippen molar-refractivity contribution in [2.75, 3.05) is 5.73 Å². The number of aromatic nitrogens is 3. The largest absolute Gasteiger partial charge is 0.368 e. The van der Waals surface area contributed by atoms with Gasteiger partial charge in [-0.3, -0.25) is 0 Å². The van der Waals surface area contributed by atoms with E-state index in [0.717, 1.165) is 4.68 Å². The molecule has 2 N–H and O–H groups in total. The van der Waals surface area contributed by atoms with Gasteiger partial charge in [-0.05, 0) is 0 Å². The maximum atomic E-state index is 13.3. The number of hydrogen-bond acceptors (Lipinski definition) is 3. The predicted octanol–water partition coefficient (Wildman–Crippen LogP) is 1.48. The van der Waals surface area contributed by atoms with Crippen LogP contribution in [-0.2, 0) is 7.05 Å². The first-order valence-electron chi connectivity index (χ1n) is 4.30. The number of anilines is 1. The van der Waals surface area contributed by atoms with Crippen LogP contribution in [0.4, 0.5) is 19.1 Å². The van der Waals surface area contributed by atoms with Crippen molar-refractivity contribution in [3.63, 3.8) is 0 Å². The molecule has 0 saturated heterocycles. The number of aryl methyl sites for hydroxylation is 1. The highest BCUT2D eigenvalue weighted by atomic mass is 19.1. The topological polar surface area (TPSA) is 56.7 Å². The van der Waals surface area contributed by atoms with Crippen molar-refractivity contribution in [3.8, 4) is 11.4 Å². The van der Waals surface area contributed by atoms with Gasteiger partial charge in [-0.1, -0.05) is 0 Å². The van der Waals surface area contributed by atoms with E-state index in [4.69, 9.17) is 5.73 Å². The van der Waals surface area contributed by atoms with Gasteiger partial charge in [0.25, 0.3) is 0 Å². The molecule has 0 bridgehead atoms. The maximum absolute atomic E-state index is 13.3. The molecule has 2 rings (SSSR count). The molecule has 1 aromatic carbocycles. The SMILES string of the molecule is Cn1nc(-c2c(F)cc(F)cc2F)nc1N. The summed E-state index contributed by atoms with van der Waals surface area (Å²) < 4.78 is 40.5. The quantitative estimate of drug-likeness (QED) is 0.804. The minimum Gasteiger partial charge on any atom is -0.368 e. The lowest BCUT2D eigenvalue weighted by atomic mass is 10.2. The first-order chi connectivity index (χ1) is 7.49. The summed E-state index contributed by atoms with van der Waals surface area (Å²) in [5.41, 5.74) is 4.89. The Kier molecular flexibility index (Phi) is 2.30. The van der Waals surface area contributed by atoms with E-state index in [1.54, 1.807) is 0 Å². The predicted molar refractivity (Wildman–Crippen MR) is 50.7 cm³/mol. The maximum Gasteiger partial charge on any atom is 0.218 e. The number of nitrogen functional groups attached to an aromatic ring is 1. The van der Waals surface area contributed by atoms with Gasteiger partial charge >= 0.3 is 0 Å². The van der Waals surface area contributed by atoms with Crippen LogP contribution in [0.1, 0.15) is 0 Å². The van der Waals surface area contributed by atoms with Crippen molar-refractivity contribution >= 4 is 5.95 Å². The molecule has 0 fully saturated rings. The number of halogens is 3. The fourth-order valence-electron chi connectivity index (χ4n) is 1.26. The van der Waals surface area contributed by atoms with E-state index in [-0.39, 0.29) is 11.8 Å². The van der Waals surface area contributed by atoms with Crippen LogP contribution in [0.2, 0.25) is 0 Å². The molecule has 0 atom stereocenters. The van der Waals surface area contributed by atoms with Crippen LogP contribution in [0, 0.1) is 17.5 Å². The zero-order valence-electron chi connectivity index (χ0n) is 8.21. The smallest absolute Gasteiger partial charge is 0.218 e. The molecule has 4 nitrogen and oxygen atoms in total. The van der Waals surface area contributed by atoms with Crippen LogP contribution in [0.5, 0.6) is 0 Å². The average Bonchev–Trinajstić information content (AvgIpc) is 2.44. The van der Waals surface area contributed by atoms with Gasteiger partial charge in [0.1, 0.15) is 17.5 Å². The zero-order chi connectivity index (χ0) is 11.9. The molecule has 0 radical (unpaired) electrons. The number of hydrogen-bond donors (Lipinski definition) is 1. The zero-order valence-corrected chi connectivity index (χ0v) is 8.21. The minimum absolute atomic E-state index is 0.0122. The van der Waals surface area contributed by atoms with Crippen LogP contribution in [0.25, 0.3) is 11.4 Å². The first-order valence-corrected chi connectivity index (χ1v) is 4.30. The third-order valence-electron chi connectivity index (χ3n) is 2.03. The molecular weight excluding hydrogens is 221 g/mol. The van der Waals surface area contributed by atoms with Crippen LogP contribution >= 0.6 is 0 Å². The second kappa shape index (κ2) is 3.51. The van der Waals surface area contributed by atoms with Crippen molar-refractivity contribution in [1.82, 2.24) is 14.8 Å². The minimum atomic E-state index is -1.07. The van der Waals surface area contributed by atoms with E-state index in [0.29, 0.717) is 12.1 Å². The molecule has 1 heterocycles. The highest BCUT2D eigenvalue weighted by Crippen LogP contribution is 2.24. The van der Waals surface area contributed by atoms with E-state index in [1.807, 2.05) is 0 Å². The van der Waals surface area contributed by atoms with Gasteiger partial charge in [0, 0.05) is 19.2 Å². The molecule has 7 heteroatoms. The number of benzene rings is 1. The molecule has 0 saturated carbocycles. The van der Waals surface area contributed by atoms with Gasteiger partial charge in [-0.2, -0.15) is 4.98 Å². The Morgan fingerprint density at radius 2 is 1.75 bits per heavy atom. The Balaban J connectivity index is 2.64.